The molecule has 1 saturated carbocycles. The molecule has 0 N–H and O–H groups in total. The summed E-state index contributed by atoms with van der Waals surface area (Å²) in [6.45, 7) is 0. The summed E-state index contributed by atoms with van der Waals surface area (Å²) in [5.74, 6) is 3.31. The third-order valence-electron chi connectivity index (χ3n) is 1.98. The first kappa shape index (κ1) is 6.48. The van der Waals surface area contributed by atoms with E-state index in [1.54, 1.807) is 4.68 Å². The highest BCUT2D eigenvalue weighted by Gasteiger charge is 2.28. The van der Waals surface area contributed by atoms with Crippen molar-refractivity contribution in [3.05, 3.63) is 17.5 Å². The zero-order valence-electron chi connectivity index (χ0n) is 6.54. The molecule has 2 nitrogen and oxygen atoms in total. The van der Waals surface area contributed by atoms with Crippen LogP contribution in [0.15, 0.2) is 6.20 Å². The van der Waals surface area contributed by atoms with E-state index in [2.05, 4.69) is 11.0 Å². The molecule has 56 valence electrons. The number of aryl methyl sites for hydroxylation is 1. The average Bonchev–Trinajstić information content (AvgIpc) is 2.75. The van der Waals surface area contributed by atoms with E-state index in [1.807, 2.05) is 13.2 Å². The van der Waals surface area contributed by atoms with E-state index in [-0.39, 0.29) is 0 Å². The van der Waals surface area contributed by atoms with Crippen molar-refractivity contribution in [2.45, 2.75) is 18.8 Å². The van der Waals surface area contributed by atoms with Gasteiger partial charge in [0.05, 0.1) is 11.3 Å². The highest BCUT2D eigenvalue weighted by Crippen LogP contribution is 2.40. The van der Waals surface area contributed by atoms with Crippen LogP contribution in [0.3, 0.4) is 0 Å². The first-order valence-electron chi connectivity index (χ1n) is 3.81. The van der Waals surface area contributed by atoms with Crippen molar-refractivity contribution in [3.8, 4) is 12.3 Å². The predicted molar refractivity (Wildman–Crippen MR) is 43.1 cm³/mol. The number of hydrogen-bond donors (Lipinski definition) is 0. The van der Waals surface area contributed by atoms with Gasteiger partial charge in [0.1, 0.15) is 0 Å². The lowest BCUT2D eigenvalue weighted by atomic mass is 10.2. The molecule has 2 rings (SSSR count). The minimum atomic E-state index is 0.655. The number of nitrogens with zero attached hydrogens (tertiary/aromatic N) is 2. The summed E-state index contributed by atoms with van der Waals surface area (Å²) in [5, 5.41) is 4.32. The fraction of sp³-hybridized carbons (Fsp3) is 0.444. The second-order valence-corrected chi connectivity index (χ2v) is 3.02. The van der Waals surface area contributed by atoms with Crippen molar-refractivity contribution in [2.75, 3.05) is 0 Å². The zero-order valence-corrected chi connectivity index (χ0v) is 6.54. The average molecular weight is 146 g/mol. The summed E-state index contributed by atoms with van der Waals surface area (Å²) in [4.78, 5) is 0. The molecule has 1 aliphatic rings. The van der Waals surface area contributed by atoms with Crippen molar-refractivity contribution in [1.82, 2.24) is 9.78 Å². The lowest BCUT2D eigenvalue weighted by Crippen LogP contribution is -1.88. The molecule has 0 atom stereocenters. The third-order valence-corrected chi connectivity index (χ3v) is 1.98. The first-order chi connectivity index (χ1) is 5.31. The van der Waals surface area contributed by atoms with Crippen LogP contribution in [0.4, 0.5) is 0 Å². The van der Waals surface area contributed by atoms with Gasteiger partial charge in [-0.3, -0.25) is 4.68 Å². The van der Waals surface area contributed by atoms with E-state index < -0.39 is 0 Å². The molecule has 0 aromatic carbocycles. The van der Waals surface area contributed by atoms with Gasteiger partial charge in [-0.2, -0.15) is 5.10 Å². The van der Waals surface area contributed by atoms with Crippen molar-refractivity contribution in [2.24, 2.45) is 7.05 Å². The zero-order chi connectivity index (χ0) is 7.84. The van der Waals surface area contributed by atoms with Gasteiger partial charge in [-0.25, -0.2) is 0 Å². The Kier molecular flexibility index (Phi) is 1.25. The van der Waals surface area contributed by atoms with E-state index in [9.17, 15) is 0 Å². The maximum Gasteiger partial charge on any atom is 0.0811 e. The predicted octanol–water partition coefficient (Wildman–Crippen LogP) is 1.28. The lowest BCUT2D eigenvalue weighted by Gasteiger charge is -1.88. The maximum atomic E-state index is 5.33. The van der Waals surface area contributed by atoms with Crippen molar-refractivity contribution in [1.29, 1.82) is 0 Å². The summed E-state index contributed by atoms with van der Waals surface area (Å²) in [7, 11) is 1.91. The quantitative estimate of drug-likeness (QED) is 0.546. The molecule has 0 radical (unpaired) electrons. The Morgan fingerprint density at radius 2 is 2.45 bits per heavy atom. The molecule has 0 saturated heterocycles. The summed E-state index contributed by atoms with van der Waals surface area (Å²) in [6.07, 6.45) is 9.75. The van der Waals surface area contributed by atoms with E-state index in [0.29, 0.717) is 5.92 Å². The molecule has 1 aromatic heterocycles. The molecular formula is C9H10N2. The van der Waals surface area contributed by atoms with E-state index >= 15 is 0 Å². The molecule has 1 heterocycles. The Morgan fingerprint density at radius 3 is 3.00 bits per heavy atom. The molecule has 1 aliphatic carbocycles. The Hall–Kier alpha value is -1.23. The summed E-state index contributed by atoms with van der Waals surface area (Å²) >= 11 is 0. The van der Waals surface area contributed by atoms with Crippen LogP contribution in [0.1, 0.15) is 30.0 Å². The first-order valence-corrected chi connectivity index (χ1v) is 3.81. The molecule has 1 aromatic rings. The van der Waals surface area contributed by atoms with Crippen molar-refractivity contribution < 1.29 is 0 Å². The van der Waals surface area contributed by atoms with Gasteiger partial charge in [0, 0.05) is 19.2 Å². The normalized spacial score (nSPS) is 16.4. The summed E-state index contributed by atoms with van der Waals surface area (Å²) in [5.41, 5.74) is 2.09. The van der Waals surface area contributed by atoms with E-state index in [4.69, 9.17) is 6.42 Å². The van der Waals surface area contributed by atoms with Crippen LogP contribution >= 0.6 is 0 Å². The summed E-state index contributed by atoms with van der Waals surface area (Å²) < 4.78 is 1.79. The van der Waals surface area contributed by atoms with Crippen LogP contribution in [0.5, 0.6) is 0 Å². The van der Waals surface area contributed by atoms with Gasteiger partial charge >= 0.3 is 0 Å². The second-order valence-electron chi connectivity index (χ2n) is 3.02. The lowest BCUT2D eigenvalue weighted by molar-refractivity contribution is 0.744. The molecular weight excluding hydrogens is 136 g/mol. The standard InChI is InChI=1S/C9H10N2/c1-3-7-6-11(2)10-9(7)8-4-5-8/h1,6,8H,4-5H2,2H3. The fourth-order valence-corrected chi connectivity index (χ4v) is 1.28. The molecule has 1 fully saturated rings. The Morgan fingerprint density at radius 1 is 1.73 bits per heavy atom. The molecule has 0 bridgehead atoms. The monoisotopic (exact) mass is 146 g/mol. The highest BCUT2D eigenvalue weighted by atomic mass is 15.3. The molecule has 2 heteroatoms. The van der Waals surface area contributed by atoms with Gasteiger partial charge in [0.2, 0.25) is 0 Å². The summed E-state index contributed by atoms with van der Waals surface area (Å²) in [6, 6.07) is 0. The highest BCUT2D eigenvalue weighted by molar-refractivity contribution is 5.37. The van der Waals surface area contributed by atoms with Gasteiger partial charge in [-0.15, -0.1) is 6.42 Å². The Labute approximate surface area is 66.2 Å². The Bertz CT molecular complexity index is 313. The fourth-order valence-electron chi connectivity index (χ4n) is 1.28. The third kappa shape index (κ3) is 1.03. The molecule has 0 spiro atoms. The second kappa shape index (κ2) is 2.13. The van der Waals surface area contributed by atoms with Crippen molar-refractivity contribution in [3.63, 3.8) is 0 Å². The van der Waals surface area contributed by atoms with Gasteiger partial charge in [0.25, 0.3) is 0 Å². The van der Waals surface area contributed by atoms with Gasteiger partial charge in [-0.1, -0.05) is 5.92 Å². The number of rotatable bonds is 1. The van der Waals surface area contributed by atoms with E-state index in [0.717, 1.165) is 11.3 Å². The van der Waals surface area contributed by atoms with Gasteiger partial charge in [-0.05, 0) is 12.8 Å². The van der Waals surface area contributed by atoms with Crippen LogP contribution < -0.4 is 0 Å². The smallest absolute Gasteiger partial charge is 0.0811 e. The minimum Gasteiger partial charge on any atom is -0.274 e. The van der Waals surface area contributed by atoms with E-state index in [1.165, 1.54) is 12.8 Å². The SMILES string of the molecule is C#Cc1cn(C)nc1C1CC1. The van der Waals surface area contributed by atoms with Crippen molar-refractivity contribution >= 4 is 0 Å². The van der Waals surface area contributed by atoms with Gasteiger partial charge < -0.3 is 0 Å². The molecule has 0 amide bonds. The Balaban J connectivity index is 2.44. The topological polar surface area (TPSA) is 17.8 Å². The number of aromatic nitrogens is 2. The van der Waals surface area contributed by atoms with Gasteiger partial charge in [0.15, 0.2) is 0 Å². The molecule has 0 aliphatic heterocycles. The van der Waals surface area contributed by atoms with Crippen LogP contribution in [-0.4, -0.2) is 9.78 Å². The number of hydrogen-bond acceptors (Lipinski definition) is 1. The van der Waals surface area contributed by atoms with Crippen LogP contribution in [0.2, 0.25) is 0 Å². The van der Waals surface area contributed by atoms with Crippen LogP contribution in [-0.2, 0) is 7.05 Å². The van der Waals surface area contributed by atoms with Crippen LogP contribution in [0, 0.1) is 12.3 Å². The minimum absolute atomic E-state index is 0.655. The molecule has 0 unspecified atom stereocenters. The number of terminal acetylenes is 1. The molecule has 11 heavy (non-hydrogen) atoms. The maximum absolute atomic E-state index is 5.33. The largest absolute Gasteiger partial charge is 0.274 e. The van der Waals surface area contributed by atoms with Crippen LogP contribution in [0.25, 0.3) is 0 Å².